The molecule has 6 rings (SSSR count). The van der Waals surface area contributed by atoms with E-state index in [1.807, 2.05) is 0 Å². The standard InChI is InChI=1S/C30H24ClF2N7O3S/c1-15-35-11-16(12-36-15)24-10-22-28(44-24)27(29(34)42)38-40(22)14-25(41)39-13-17(32)9-23(39)30(43)37-21-8-4-6-19(26(21)33)18-5-2-3-7-20(18)31/h2-8,10-12,17,23H,9,13-14H2,1H3,(H2,34,42)(H,37,43)/t17-,23+/m1/s1. The third-order valence-electron chi connectivity index (χ3n) is 7.30. The summed E-state index contributed by atoms with van der Waals surface area (Å²) >= 11 is 7.49. The maximum atomic E-state index is 15.5. The van der Waals surface area contributed by atoms with Crippen LogP contribution in [-0.2, 0) is 16.1 Å². The van der Waals surface area contributed by atoms with Crippen molar-refractivity contribution in [3.63, 3.8) is 0 Å². The van der Waals surface area contributed by atoms with Crippen LogP contribution in [0.1, 0.15) is 22.7 Å². The summed E-state index contributed by atoms with van der Waals surface area (Å²) in [7, 11) is 0. The van der Waals surface area contributed by atoms with Gasteiger partial charge in [0.05, 0.1) is 22.4 Å². The number of alkyl halides is 1. The number of aryl methyl sites for hydroxylation is 1. The molecule has 0 unspecified atom stereocenters. The number of nitrogens with two attached hydrogens (primary N) is 1. The van der Waals surface area contributed by atoms with Gasteiger partial charge in [-0.1, -0.05) is 41.9 Å². The van der Waals surface area contributed by atoms with Gasteiger partial charge in [-0.25, -0.2) is 18.7 Å². The number of anilines is 1. The maximum Gasteiger partial charge on any atom is 0.270 e. The molecular weight excluding hydrogens is 612 g/mol. The van der Waals surface area contributed by atoms with Crippen molar-refractivity contribution in [2.75, 3.05) is 11.9 Å². The fourth-order valence-electron chi connectivity index (χ4n) is 5.17. The summed E-state index contributed by atoms with van der Waals surface area (Å²) in [5, 5.41) is 7.09. The number of halogens is 3. The Labute approximate surface area is 258 Å². The molecule has 224 valence electrons. The third-order valence-corrected chi connectivity index (χ3v) is 8.81. The first-order valence-corrected chi connectivity index (χ1v) is 14.7. The van der Waals surface area contributed by atoms with Crippen molar-refractivity contribution in [3.05, 3.63) is 83.3 Å². The average molecular weight is 636 g/mol. The minimum atomic E-state index is -1.47. The van der Waals surface area contributed by atoms with Crippen molar-refractivity contribution < 1.29 is 23.2 Å². The molecule has 2 atom stereocenters. The number of thiophene rings is 1. The van der Waals surface area contributed by atoms with E-state index >= 15 is 4.39 Å². The molecule has 0 spiro atoms. The minimum absolute atomic E-state index is 0.0231. The van der Waals surface area contributed by atoms with Gasteiger partial charge in [0.2, 0.25) is 11.8 Å². The predicted octanol–water partition coefficient (Wildman–Crippen LogP) is 5.00. The van der Waals surface area contributed by atoms with Gasteiger partial charge in [-0.05, 0) is 25.1 Å². The topological polar surface area (TPSA) is 136 Å². The molecule has 44 heavy (non-hydrogen) atoms. The zero-order valence-electron chi connectivity index (χ0n) is 23.1. The summed E-state index contributed by atoms with van der Waals surface area (Å²) in [6.07, 6.45) is 1.55. The van der Waals surface area contributed by atoms with Crippen LogP contribution in [0.5, 0.6) is 0 Å². The summed E-state index contributed by atoms with van der Waals surface area (Å²) in [4.78, 5) is 49.2. The van der Waals surface area contributed by atoms with Crippen molar-refractivity contribution in [1.29, 1.82) is 0 Å². The Hall–Kier alpha value is -4.75. The van der Waals surface area contributed by atoms with Gasteiger partial charge in [-0.2, -0.15) is 5.10 Å². The SMILES string of the molecule is Cc1ncc(-c2cc3c(s2)c(C(N)=O)nn3CC(=O)N2C[C@H](F)C[C@H]2C(=O)Nc2cccc(-c3ccccc3Cl)c2F)cn1. The Bertz CT molecular complexity index is 1930. The van der Waals surface area contributed by atoms with Crippen LogP contribution in [0.15, 0.2) is 60.9 Å². The number of hydrogen-bond acceptors (Lipinski definition) is 7. The zero-order valence-corrected chi connectivity index (χ0v) is 24.7. The van der Waals surface area contributed by atoms with Crippen molar-refractivity contribution in [2.24, 2.45) is 5.73 Å². The van der Waals surface area contributed by atoms with Crippen molar-refractivity contribution in [1.82, 2.24) is 24.6 Å². The zero-order chi connectivity index (χ0) is 31.1. The molecule has 3 aromatic heterocycles. The number of primary amides is 1. The first-order chi connectivity index (χ1) is 21.1. The number of fused-ring (bicyclic) bond motifs is 1. The lowest BCUT2D eigenvalue weighted by atomic mass is 10.0. The first kappa shape index (κ1) is 29.3. The fourth-order valence-corrected chi connectivity index (χ4v) is 6.52. The average Bonchev–Trinajstić information content (AvgIpc) is 3.69. The smallest absolute Gasteiger partial charge is 0.270 e. The van der Waals surface area contributed by atoms with Crippen molar-refractivity contribution in [3.8, 4) is 21.6 Å². The number of benzene rings is 2. The van der Waals surface area contributed by atoms with Crippen molar-refractivity contribution in [2.45, 2.75) is 32.1 Å². The lowest BCUT2D eigenvalue weighted by molar-refractivity contribution is -0.137. The number of nitrogens with zero attached hydrogens (tertiary/aromatic N) is 5. The second kappa shape index (κ2) is 11.7. The molecule has 1 fully saturated rings. The lowest BCUT2D eigenvalue weighted by Gasteiger charge is -2.24. The number of carbonyl (C=O) groups is 3. The molecular formula is C30H24ClF2N7O3S. The highest BCUT2D eigenvalue weighted by Crippen LogP contribution is 2.36. The van der Waals surface area contributed by atoms with E-state index in [2.05, 4.69) is 20.4 Å². The fraction of sp³-hybridized carbons (Fsp3) is 0.200. The monoisotopic (exact) mass is 635 g/mol. The molecule has 0 radical (unpaired) electrons. The highest BCUT2D eigenvalue weighted by molar-refractivity contribution is 7.22. The maximum absolute atomic E-state index is 15.5. The number of likely N-dealkylation sites (tertiary alicyclic amines) is 1. The highest BCUT2D eigenvalue weighted by Gasteiger charge is 2.40. The minimum Gasteiger partial charge on any atom is -0.364 e. The van der Waals surface area contributed by atoms with E-state index < -0.39 is 42.3 Å². The molecule has 10 nitrogen and oxygen atoms in total. The van der Waals surface area contributed by atoms with Gasteiger partial charge >= 0.3 is 0 Å². The predicted molar refractivity (Wildman–Crippen MR) is 162 cm³/mol. The van der Waals surface area contributed by atoms with Gasteiger partial charge < -0.3 is 16.0 Å². The van der Waals surface area contributed by atoms with Crippen LogP contribution in [0.25, 0.3) is 31.8 Å². The second-order valence-corrected chi connectivity index (χ2v) is 11.7. The quantitative estimate of drug-likeness (QED) is 0.258. The number of rotatable bonds is 7. The van der Waals surface area contributed by atoms with E-state index in [1.165, 1.54) is 28.2 Å². The lowest BCUT2D eigenvalue weighted by Crippen LogP contribution is -2.44. The Morgan fingerprint density at radius 1 is 1.11 bits per heavy atom. The van der Waals surface area contributed by atoms with Gasteiger partial charge in [-0.3, -0.25) is 19.1 Å². The summed E-state index contributed by atoms with van der Waals surface area (Å²) in [5.41, 5.74) is 7.19. The molecule has 5 aromatic rings. The second-order valence-electron chi connectivity index (χ2n) is 10.2. The number of hydrogen-bond donors (Lipinski definition) is 2. The highest BCUT2D eigenvalue weighted by atomic mass is 35.5. The van der Waals surface area contributed by atoms with Crippen LogP contribution in [-0.4, -0.2) is 61.1 Å². The summed E-state index contributed by atoms with van der Waals surface area (Å²) in [6, 6.07) is 11.7. The first-order valence-electron chi connectivity index (χ1n) is 13.5. The molecule has 0 saturated carbocycles. The van der Waals surface area contributed by atoms with Gasteiger partial charge in [0.1, 0.15) is 24.6 Å². The van der Waals surface area contributed by atoms with E-state index in [0.717, 1.165) is 9.78 Å². The number of carbonyl (C=O) groups excluding carboxylic acids is 3. The summed E-state index contributed by atoms with van der Waals surface area (Å²) < 4.78 is 31.9. The molecule has 4 heterocycles. The molecule has 3 amide bonds. The molecule has 3 N–H and O–H groups in total. The molecule has 2 aromatic carbocycles. The van der Waals surface area contributed by atoms with Crippen LogP contribution in [0.3, 0.4) is 0 Å². The van der Waals surface area contributed by atoms with Crippen LogP contribution < -0.4 is 11.1 Å². The van der Waals surface area contributed by atoms with Crippen molar-refractivity contribution >= 4 is 56.6 Å². The molecule has 1 aliphatic heterocycles. The van der Waals surface area contributed by atoms with E-state index in [4.69, 9.17) is 17.3 Å². The number of nitrogens with one attached hydrogen (secondary N) is 1. The van der Waals surface area contributed by atoms with E-state index in [9.17, 15) is 18.8 Å². The van der Waals surface area contributed by atoms with Gasteiger partial charge in [-0.15, -0.1) is 11.3 Å². The van der Waals surface area contributed by atoms with E-state index in [-0.39, 0.29) is 29.9 Å². The Balaban J connectivity index is 1.25. The summed E-state index contributed by atoms with van der Waals surface area (Å²) in [5.74, 6) is -2.25. The molecule has 0 bridgehead atoms. The Morgan fingerprint density at radius 3 is 2.57 bits per heavy atom. The van der Waals surface area contributed by atoms with Gasteiger partial charge in [0.25, 0.3) is 5.91 Å². The largest absolute Gasteiger partial charge is 0.364 e. The van der Waals surface area contributed by atoms with Gasteiger partial charge in [0.15, 0.2) is 11.5 Å². The van der Waals surface area contributed by atoms with E-state index in [1.54, 1.807) is 55.7 Å². The Kier molecular flexibility index (Phi) is 7.82. The molecule has 14 heteroatoms. The van der Waals surface area contributed by atoms with E-state index in [0.29, 0.717) is 32.2 Å². The molecule has 1 aliphatic rings. The van der Waals surface area contributed by atoms with Crippen LogP contribution in [0.2, 0.25) is 5.02 Å². The molecule has 1 saturated heterocycles. The third kappa shape index (κ3) is 5.51. The molecule has 0 aliphatic carbocycles. The van der Waals surface area contributed by atoms with Gasteiger partial charge in [0, 0.05) is 45.4 Å². The number of amides is 3. The normalized spacial score (nSPS) is 16.4. The van der Waals surface area contributed by atoms with Crippen LogP contribution in [0, 0.1) is 12.7 Å². The summed E-state index contributed by atoms with van der Waals surface area (Å²) in [6.45, 7) is 1.03. The Morgan fingerprint density at radius 2 is 1.84 bits per heavy atom. The van der Waals surface area contributed by atoms with Crippen LogP contribution >= 0.6 is 22.9 Å². The van der Waals surface area contributed by atoms with Crippen LogP contribution in [0.4, 0.5) is 14.5 Å². The number of aromatic nitrogens is 4.